The average molecular weight is 373 g/mol. The highest BCUT2D eigenvalue weighted by Crippen LogP contribution is 2.21. The van der Waals surface area contributed by atoms with Crippen molar-refractivity contribution >= 4 is 34.2 Å². The van der Waals surface area contributed by atoms with E-state index in [0.29, 0.717) is 12.3 Å². The third kappa shape index (κ3) is 4.76. The largest absolute Gasteiger partial charge is 0.381 e. The smallest absolute Gasteiger partial charge is 0.224 e. The van der Waals surface area contributed by atoms with Crippen molar-refractivity contribution in [1.82, 2.24) is 0 Å². The van der Waals surface area contributed by atoms with E-state index < -0.39 is 0 Å². The van der Waals surface area contributed by atoms with Crippen LogP contribution in [0.4, 0.5) is 5.69 Å². The number of halogens is 1. The number of hydrogen-bond acceptors (Lipinski definition) is 2. The van der Waals surface area contributed by atoms with E-state index in [1.807, 2.05) is 19.1 Å². The number of anilines is 1. The first-order chi connectivity index (χ1) is 9.15. The first-order valence-electron chi connectivity index (χ1n) is 6.79. The molecule has 0 radical (unpaired) electrons. The highest BCUT2D eigenvalue weighted by molar-refractivity contribution is 14.1. The van der Waals surface area contributed by atoms with E-state index in [0.717, 1.165) is 43.7 Å². The molecule has 0 unspecified atom stereocenters. The van der Waals surface area contributed by atoms with Crippen molar-refractivity contribution in [3.63, 3.8) is 0 Å². The first-order valence-corrected chi connectivity index (χ1v) is 7.87. The van der Waals surface area contributed by atoms with Crippen LogP contribution in [-0.4, -0.2) is 19.1 Å². The Balaban J connectivity index is 1.80. The van der Waals surface area contributed by atoms with Gasteiger partial charge in [0.2, 0.25) is 5.91 Å². The summed E-state index contributed by atoms with van der Waals surface area (Å²) in [6.07, 6.45) is 3.76. The maximum Gasteiger partial charge on any atom is 0.224 e. The number of ether oxygens (including phenoxy) is 1. The lowest BCUT2D eigenvalue weighted by Gasteiger charge is -2.21. The number of carbonyl (C=O) groups is 1. The fourth-order valence-electron chi connectivity index (χ4n) is 2.35. The first kappa shape index (κ1) is 14.8. The molecule has 0 saturated carbocycles. The van der Waals surface area contributed by atoms with Gasteiger partial charge in [0.1, 0.15) is 0 Å². The Morgan fingerprint density at radius 1 is 1.42 bits per heavy atom. The van der Waals surface area contributed by atoms with Crippen molar-refractivity contribution in [2.75, 3.05) is 18.5 Å². The van der Waals surface area contributed by atoms with Crippen molar-refractivity contribution in [2.24, 2.45) is 5.92 Å². The molecule has 1 fully saturated rings. The van der Waals surface area contributed by atoms with E-state index in [4.69, 9.17) is 4.74 Å². The molecule has 4 heteroatoms. The fraction of sp³-hybridized carbons (Fsp3) is 0.533. The standard InChI is InChI=1S/C15H20INO2/c1-11-10-13(16)3-4-14(11)17-15(18)5-2-12-6-8-19-9-7-12/h3-4,10,12H,2,5-9H2,1H3,(H,17,18). The molecule has 0 aromatic heterocycles. The van der Waals surface area contributed by atoms with Gasteiger partial charge in [-0.3, -0.25) is 4.79 Å². The van der Waals surface area contributed by atoms with Crippen LogP contribution in [0.15, 0.2) is 18.2 Å². The van der Waals surface area contributed by atoms with Gasteiger partial charge in [-0.2, -0.15) is 0 Å². The van der Waals surface area contributed by atoms with Gasteiger partial charge < -0.3 is 10.1 Å². The van der Waals surface area contributed by atoms with Crippen LogP contribution in [0.1, 0.15) is 31.2 Å². The third-order valence-corrected chi connectivity index (χ3v) is 4.25. The van der Waals surface area contributed by atoms with Gasteiger partial charge in [0, 0.05) is 28.9 Å². The fourth-order valence-corrected chi connectivity index (χ4v) is 3.00. The van der Waals surface area contributed by atoms with Crippen molar-refractivity contribution in [3.05, 3.63) is 27.3 Å². The van der Waals surface area contributed by atoms with Gasteiger partial charge in [-0.05, 0) is 78.5 Å². The summed E-state index contributed by atoms with van der Waals surface area (Å²) < 4.78 is 6.52. The number of carbonyl (C=O) groups excluding carboxylic acids is 1. The second-order valence-electron chi connectivity index (χ2n) is 5.10. The molecule has 0 aliphatic carbocycles. The van der Waals surface area contributed by atoms with Crippen LogP contribution in [0.5, 0.6) is 0 Å². The number of rotatable bonds is 4. The minimum absolute atomic E-state index is 0.121. The number of aryl methyl sites for hydroxylation is 1. The van der Waals surface area contributed by atoms with Crippen molar-refractivity contribution < 1.29 is 9.53 Å². The number of nitrogens with one attached hydrogen (secondary N) is 1. The maximum atomic E-state index is 11.9. The van der Waals surface area contributed by atoms with Gasteiger partial charge in [0.25, 0.3) is 0 Å². The van der Waals surface area contributed by atoms with Gasteiger partial charge >= 0.3 is 0 Å². The summed E-state index contributed by atoms with van der Waals surface area (Å²) in [5.41, 5.74) is 2.05. The summed E-state index contributed by atoms with van der Waals surface area (Å²) in [5.74, 6) is 0.771. The number of amides is 1. The second kappa shape index (κ2) is 7.24. The lowest BCUT2D eigenvalue weighted by molar-refractivity contribution is -0.116. The zero-order chi connectivity index (χ0) is 13.7. The Bertz CT molecular complexity index is 442. The Labute approximate surface area is 128 Å². The van der Waals surface area contributed by atoms with E-state index in [1.165, 1.54) is 3.57 Å². The molecule has 0 atom stereocenters. The van der Waals surface area contributed by atoms with Gasteiger partial charge in [-0.25, -0.2) is 0 Å². The summed E-state index contributed by atoms with van der Waals surface area (Å²) in [5, 5.41) is 3.00. The summed E-state index contributed by atoms with van der Waals surface area (Å²) in [7, 11) is 0. The molecule has 3 nitrogen and oxygen atoms in total. The topological polar surface area (TPSA) is 38.3 Å². The van der Waals surface area contributed by atoms with E-state index in [1.54, 1.807) is 0 Å². The van der Waals surface area contributed by atoms with Gasteiger partial charge in [0.05, 0.1) is 0 Å². The number of benzene rings is 1. The quantitative estimate of drug-likeness (QED) is 0.817. The summed E-state index contributed by atoms with van der Waals surface area (Å²) in [6.45, 7) is 3.72. The van der Waals surface area contributed by atoms with Crippen molar-refractivity contribution in [2.45, 2.75) is 32.6 Å². The Hall–Kier alpha value is -0.620. The summed E-state index contributed by atoms with van der Waals surface area (Å²) in [6, 6.07) is 6.07. The Morgan fingerprint density at radius 2 is 2.16 bits per heavy atom. The normalized spacial score (nSPS) is 16.3. The summed E-state index contributed by atoms with van der Waals surface area (Å²) in [4.78, 5) is 11.9. The molecule has 1 amide bonds. The van der Waals surface area contributed by atoms with Crippen LogP contribution in [0.25, 0.3) is 0 Å². The monoisotopic (exact) mass is 373 g/mol. The highest BCUT2D eigenvalue weighted by atomic mass is 127. The van der Waals surface area contributed by atoms with Crippen molar-refractivity contribution in [1.29, 1.82) is 0 Å². The Morgan fingerprint density at radius 3 is 2.84 bits per heavy atom. The molecule has 0 bridgehead atoms. The lowest BCUT2D eigenvalue weighted by Crippen LogP contribution is -2.19. The zero-order valence-corrected chi connectivity index (χ0v) is 13.4. The molecule has 1 aliphatic heterocycles. The zero-order valence-electron chi connectivity index (χ0n) is 11.2. The molecule has 0 spiro atoms. The molecule has 2 rings (SSSR count). The molecule has 1 N–H and O–H groups in total. The van der Waals surface area contributed by atoms with Gasteiger partial charge in [-0.15, -0.1) is 0 Å². The lowest BCUT2D eigenvalue weighted by atomic mass is 9.95. The van der Waals surface area contributed by atoms with E-state index in [9.17, 15) is 4.79 Å². The van der Waals surface area contributed by atoms with E-state index in [2.05, 4.69) is 34.0 Å². The SMILES string of the molecule is Cc1cc(I)ccc1NC(=O)CCC1CCOCC1. The van der Waals surface area contributed by atoms with Crippen molar-refractivity contribution in [3.8, 4) is 0 Å². The predicted molar refractivity (Wildman–Crippen MR) is 85.3 cm³/mol. The maximum absolute atomic E-state index is 11.9. The third-order valence-electron chi connectivity index (χ3n) is 3.58. The molecule has 1 aromatic carbocycles. The van der Waals surface area contributed by atoms with Gasteiger partial charge in [-0.1, -0.05) is 0 Å². The predicted octanol–water partition coefficient (Wildman–Crippen LogP) is 3.74. The van der Waals surface area contributed by atoms with Crippen LogP contribution >= 0.6 is 22.6 Å². The van der Waals surface area contributed by atoms with Crippen LogP contribution in [-0.2, 0) is 9.53 Å². The van der Waals surface area contributed by atoms with Crippen LogP contribution in [0.3, 0.4) is 0 Å². The van der Waals surface area contributed by atoms with E-state index in [-0.39, 0.29) is 5.91 Å². The van der Waals surface area contributed by atoms with Crippen LogP contribution in [0, 0.1) is 16.4 Å². The van der Waals surface area contributed by atoms with Crippen LogP contribution < -0.4 is 5.32 Å². The molecule has 1 heterocycles. The average Bonchev–Trinajstić information content (AvgIpc) is 2.41. The number of hydrogen-bond donors (Lipinski definition) is 1. The molecule has 1 saturated heterocycles. The minimum Gasteiger partial charge on any atom is -0.381 e. The van der Waals surface area contributed by atoms with Crippen LogP contribution in [0.2, 0.25) is 0 Å². The molecule has 1 aromatic rings. The molecule has 1 aliphatic rings. The Kier molecular flexibility index (Phi) is 5.63. The van der Waals surface area contributed by atoms with Gasteiger partial charge in [0.15, 0.2) is 0 Å². The molecular weight excluding hydrogens is 353 g/mol. The minimum atomic E-state index is 0.121. The molecule has 104 valence electrons. The second-order valence-corrected chi connectivity index (χ2v) is 6.35. The van der Waals surface area contributed by atoms with E-state index >= 15 is 0 Å². The molecule has 19 heavy (non-hydrogen) atoms. The molecular formula is C15H20INO2. The highest BCUT2D eigenvalue weighted by Gasteiger charge is 2.15. The summed E-state index contributed by atoms with van der Waals surface area (Å²) >= 11 is 2.28.